The number of nitrogens with zero attached hydrogens (tertiary/aromatic N) is 5. The number of hydrogen-bond donors (Lipinski definition) is 0. The van der Waals surface area contributed by atoms with E-state index in [0.717, 1.165) is 41.9 Å². The molecule has 0 saturated carbocycles. The van der Waals surface area contributed by atoms with Crippen LogP contribution >= 0.6 is 0 Å². The van der Waals surface area contributed by atoms with Gasteiger partial charge in [0.1, 0.15) is 0 Å². The molecule has 170 valence electrons. The van der Waals surface area contributed by atoms with Crippen molar-refractivity contribution in [2.75, 3.05) is 31.1 Å². The van der Waals surface area contributed by atoms with Crippen LogP contribution in [0.3, 0.4) is 0 Å². The Morgan fingerprint density at radius 2 is 1.76 bits per heavy atom. The third kappa shape index (κ3) is 3.81. The number of benzene rings is 2. The number of fused-ring (bicyclic) bond motifs is 1. The van der Waals surface area contributed by atoms with Crippen molar-refractivity contribution in [3.05, 3.63) is 81.2 Å². The Morgan fingerprint density at radius 3 is 2.48 bits per heavy atom. The van der Waals surface area contributed by atoms with Gasteiger partial charge in [0.05, 0.1) is 10.6 Å². The largest absolute Gasteiger partial charge is 0.368 e. The summed E-state index contributed by atoms with van der Waals surface area (Å²) in [5, 5.41) is 15.6. The second kappa shape index (κ2) is 8.27. The fourth-order valence-electron chi connectivity index (χ4n) is 4.56. The van der Waals surface area contributed by atoms with Crippen molar-refractivity contribution in [1.82, 2.24) is 14.7 Å². The molecule has 2 aromatic carbocycles. The molecule has 1 aromatic heterocycles. The zero-order valence-electron chi connectivity index (χ0n) is 17.7. The molecule has 0 atom stereocenters. The summed E-state index contributed by atoms with van der Waals surface area (Å²) < 4.78 is 28.7. The van der Waals surface area contributed by atoms with E-state index in [1.165, 1.54) is 18.2 Å². The first-order valence-electron chi connectivity index (χ1n) is 10.8. The van der Waals surface area contributed by atoms with Gasteiger partial charge in [-0.25, -0.2) is 13.5 Å². The van der Waals surface area contributed by atoms with E-state index in [0.29, 0.717) is 44.0 Å². The quantitative estimate of drug-likeness (QED) is 0.446. The van der Waals surface area contributed by atoms with E-state index in [4.69, 9.17) is 0 Å². The van der Waals surface area contributed by atoms with E-state index < -0.39 is 16.6 Å². The monoisotopic (exact) mass is 453 g/mol. The summed E-state index contributed by atoms with van der Waals surface area (Å²) in [7, 11) is 0. The number of non-ortho nitro benzene ring substituents is 1. The van der Waals surface area contributed by atoms with Gasteiger partial charge in [-0.3, -0.25) is 14.9 Å². The summed E-state index contributed by atoms with van der Waals surface area (Å²) in [5.41, 5.74) is 3.26. The van der Waals surface area contributed by atoms with Crippen LogP contribution in [0.2, 0.25) is 0 Å². The summed E-state index contributed by atoms with van der Waals surface area (Å²) in [6.07, 6.45) is 2.31. The molecule has 5 rings (SSSR count). The summed E-state index contributed by atoms with van der Waals surface area (Å²) in [4.78, 5) is 27.7. The normalized spacial score (nSPS) is 15.6. The van der Waals surface area contributed by atoms with Crippen molar-refractivity contribution in [2.45, 2.75) is 19.3 Å². The smallest absolute Gasteiger partial charge is 0.274 e. The Hall–Kier alpha value is -3.82. The number of anilines is 1. The molecule has 1 aliphatic heterocycles. The predicted octanol–water partition coefficient (Wildman–Crippen LogP) is 3.51. The van der Waals surface area contributed by atoms with Gasteiger partial charge in [0.25, 0.3) is 11.6 Å². The van der Waals surface area contributed by atoms with Gasteiger partial charge in [-0.2, -0.15) is 5.10 Å². The minimum Gasteiger partial charge on any atom is -0.368 e. The van der Waals surface area contributed by atoms with E-state index in [2.05, 4.69) is 5.10 Å². The van der Waals surface area contributed by atoms with E-state index in [9.17, 15) is 23.7 Å². The Kier molecular flexibility index (Phi) is 5.27. The van der Waals surface area contributed by atoms with Gasteiger partial charge in [-0.1, -0.05) is 6.07 Å². The number of aromatic nitrogens is 2. The summed E-state index contributed by atoms with van der Waals surface area (Å²) in [5.74, 6) is -2.08. The lowest BCUT2D eigenvalue weighted by molar-refractivity contribution is -0.384. The standard InChI is InChI=1S/C23H21F2N5O3/c24-19-8-7-16(14-20(19)25)29-21-6-2-5-18(21)22(26-29)23(31)28-11-9-27(10-12-28)15-3-1-4-17(13-15)30(32)33/h1,3-4,7-8,13-14H,2,5-6,9-12H2. The van der Waals surface area contributed by atoms with Crippen molar-refractivity contribution < 1.29 is 18.5 Å². The number of carbonyl (C=O) groups is 1. The van der Waals surface area contributed by atoms with Gasteiger partial charge in [-0.15, -0.1) is 0 Å². The molecule has 0 N–H and O–H groups in total. The molecule has 0 unspecified atom stereocenters. The highest BCUT2D eigenvalue weighted by Crippen LogP contribution is 2.30. The Balaban J connectivity index is 1.35. The zero-order chi connectivity index (χ0) is 23.1. The van der Waals surface area contributed by atoms with Crippen molar-refractivity contribution in [3.8, 4) is 5.69 Å². The van der Waals surface area contributed by atoms with Crippen molar-refractivity contribution >= 4 is 17.3 Å². The third-order valence-electron chi connectivity index (χ3n) is 6.25. The van der Waals surface area contributed by atoms with Crippen LogP contribution in [-0.2, 0) is 12.8 Å². The molecular weight excluding hydrogens is 432 g/mol. The van der Waals surface area contributed by atoms with Crippen molar-refractivity contribution in [3.63, 3.8) is 0 Å². The number of rotatable bonds is 4. The van der Waals surface area contributed by atoms with Crippen LogP contribution in [0.5, 0.6) is 0 Å². The lowest BCUT2D eigenvalue weighted by Crippen LogP contribution is -2.49. The van der Waals surface area contributed by atoms with Crippen molar-refractivity contribution in [1.29, 1.82) is 0 Å². The number of nitro benzene ring substituents is 1. The average molecular weight is 453 g/mol. The lowest BCUT2D eigenvalue weighted by Gasteiger charge is -2.35. The van der Waals surface area contributed by atoms with Crippen LogP contribution in [0, 0.1) is 21.7 Å². The third-order valence-corrected chi connectivity index (χ3v) is 6.25. The van der Waals surface area contributed by atoms with Gasteiger partial charge >= 0.3 is 0 Å². The first kappa shape index (κ1) is 21.0. The molecule has 1 amide bonds. The molecule has 3 aromatic rings. The molecule has 2 aliphatic rings. The molecule has 0 radical (unpaired) electrons. The summed E-state index contributed by atoms with van der Waals surface area (Å²) >= 11 is 0. The Bertz CT molecular complexity index is 1250. The second-order valence-electron chi connectivity index (χ2n) is 8.19. The average Bonchev–Trinajstić information content (AvgIpc) is 3.44. The minimum atomic E-state index is -0.958. The van der Waals surface area contributed by atoms with Crippen LogP contribution in [0.25, 0.3) is 5.69 Å². The number of nitro groups is 1. The Labute approximate surface area is 188 Å². The highest BCUT2D eigenvalue weighted by molar-refractivity contribution is 5.94. The summed E-state index contributed by atoms with van der Waals surface area (Å²) in [6.45, 7) is 1.99. The number of piperazine rings is 1. The van der Waals surface area contributed by atoms with Crippen molar-refractivity contribution in [2.24, 2.45) is 0 Å². The van der Waals surface area contributed by atoms with E-state index in [1.807, 2.05) is 11.0 Å². The molecule has 10 heteroatoms. The molecular formula is C23H21F2N5O3. The molecule has 1 aliphatic carbocycles. The van der Waals surface area contributed by atoms with Gasteiger partial charge in [0, 0.05) is 61.3 Å². The van der Waals surface area contributed by atoms with Crippen LogP contribution in [-0.4, -0.2) is 51.7 Å². The predicted molar refractivity (Wildman–Crippen MR) is 117 cm³/mol. The number of amides is 1. The fourth-order valence-corrected chi connectivity index (χ4v) is 4.56. The topological polar surface area (TPSA) is 84.5 Å². The first-order valence-corrected chi connectivity index (χ1v) is 10.8. The van der Waals surface area contributed by atoms with E-state index >= 15 is 0 Å². The number of halogens is 2. The maximum Gasteiger partial charge on any atom is 0.274 e. The molecule has 2 heterocycles. The maximum absolute atomic E-state index is 13.8. The Morgan fingerprint density at radius 1 is 0.970 bits per heavy atom. The second-order valence-corrected chi connectivity index (χ2v) is 8.19. The fraction of sp³-hybridized carbons (Fsp3) is 0.304. The van der Waals surface area contributed by atoms with E-state index in [1.54, 1.807) is 15.6 Å². The highest BCUT2D eigenvalue weighted by Gasteiger charge is 2.31. The molecule has 0 spiro atoms. The van der Waals surface area contributed by atoms with Gasteiger partial charge in [0.15, 0.2) is 17.3 Å². The lowest BCUT2D eigenvalue weighted by atomic mass is 10.1. The molecule has 1 saturated heterocycles. The molecule has 8 nitrogen and oxygen atoms in total. The highest BCUT2D eigenvalue weighted by atomic mass is 19.2. The van der Waals surface area contributed by atoms with Crippen LogP contribution in [0.15, 0.2) is 42.5 Å². The number of hydrogen-bond acceptors (Lipinski definition) is 5. The summed E-state index contributed by atoms with van der Waals surface area (Å²) in [6, 6.07) is 10.1. The van der Waals surface area contributed by atoms with E-state index in [-0.39, 0.29) is 11.6 Å². The maximum atomic E-state index is 13.8. The molecule has 33 heavy (non-hydrogen) atoms. The number of carbonyl (C=O) groups excluding carboxylic acids is 1. The van der Waals surface area contributed by atoms with Crippen LogP contribution in [0.4, 0.5) is 20.2 Å². The van der Waals surface area contributed by atoms with Gasteiger partial charge < -0.3 is 9.80 Å². The zero-order valence-corrected chi connectivity index (χ0v) is 17.7. The minimum absolute atomic E-state index is 0.0318. The van der Waals surface area contributed by atoms with Crippen LogP contribution in [0.1, 0.15) is 28.2 Å². The van der Waals surface area contributed by atoms with Crippen LogP contribution < -0.4 is 4.90 Å². The first-order chi connectivity index (χ1) is 15.9. The van der Waals surface area contributed by atoms with Gasteiger partial charge in [-0.05, 0) is 37.5 Å². The SMILES string of the molecule is O=C(c1nn(-c2ccc(F)c(F)c2)c2c1CCC2)N1CCN(c2cccc([N+](=O)[O-])c2)CC1. The van der Waals surface area contributed by atoms with Gasteiger partial charge in [0.2, 0.25) is 0 Å². The molecule has 1 fully saturated rings. The molecule has 0 bridgehead atoms.